The zero-order valence-electron chi connectivity index (χ0n) is 10.0. The molecule has 2 heterocycles. The first kappa shape index (κ1) is 12.2. The Hall–Kier alpha value is -0.220. The van der Waals surface area contributed by atoms with Crippen LogP contribution in [-0.2, 0) is 4.79 Å². The number of thioether (sulfide) groups is 1. The summed E-state index contributed by atoms with van der Waals surface area (Å²) in [5.74, 6) is 1.50. The first-order valence-corrected chi connectivity index (χ1v) is 7.42. The third-order valence-electron chi connectivity index (χ3n) is 3.64. The summed E-state index contributed by atoms with van der Waals surface area (Å²) in [5.41, 5.74) is 5.99. The van der Waals surface area contributed by atoms with Crippen LogP contribution in [0, 0.1) is 0 Å². The minimum Gasteiger partial charge on any atom is -0.337 e. The predicted molar refractivity (Wildman–Crippen MR) is 68.5 cm³/mol. The third-order valence-corrected chi connectivity index (χ3v) is 5.01. The second-order valence-electron chi connectivity index (χ2n) is 4.96. The fraction of sp³-hybridized carbons (Fsp3) is 0.917. The van der Waals surface area contributed by atoms with Crippen molar-refractivity contribution >= 4 is 17.7 Å². The highest BCUT2D eigenvalue weighted by molar-refractivity contribution is 8.00. The Morgan fingerprint density at radius 2 is 2.19 bits per heavy atom. The van der Waals surface area contributed by atoms with Crippen molar-refractivity contribution in [1.29, 1.82) is 0 Å². The molecule has 0 aromatic heterocycles. The second kappa shape index (κ2) is 5.41. The van der Waals surface area contributed by atoms with E-state index in [1.165, 1.54) is 12.8 Å². The Labute approximate surface area is 102 Å². The maximum absolute atomic E-state index is 12.4. The Balaban J connectivity index is 2.01. The second-order valence-corrected chi connectivity index (χ2v) is 6.27. The van der Waals surface area contributed by atoms with Crippen LogP contribution in [0.1, 0.15) is 39.0 Å². The van der Waals surface area contributed by atoms with Gasteiger partial charge in [-0.05, 0) is 44.8 Å². The van der Waals surface area contributed by atoms with E-state index in [4.69, 9.17) is 5.73 Å². The molecule has 3 unspecified atom stereocenters. The van der Waals surface area contributed by atoms with Gasteiger partial charge in [-0.2, -0.15) is 0 Å². The largest absolute Gasteiger partial charge is 0.337 e. The van der Waals surface area contributed by atoms with E-state index in [0.29, 0.717) is 5.91 Å². The lowest BCUT2D eigenvalue weighted by Crippen LogP contribution is -2.53. The molecule has 0 bridgehead atoms. The van der Waals surface area contributed by atoms with Crippen LogP contribution >= 0.6 is 11.8 Å². The number of piperidine rings is 1. The average Bonchev–Trinajstić information content (AvgIpc) is 2.81. The number of hydrogen-bond acceptors (Lipinski definition) is 3. The van der Waals surface area contributed by atoms with E-state index in [2.05, 4.69) is 4.90 Å². The maximum atomic E-state index is 12.4. The Bertz CT molecular complexity index is 251. The van der Waals surface area contributed by atoms with Gasteiger partial charge in [0.15, 0.2) is 0 Å². The van der Waals surface area contributed by atoms with Crippen LogP contribution in [0.4, 0.5) is 0 Å². The molecule has 1 amide bonds. The molecule has 2 rings (SSSR count). The summed E-state index contributed by atoms with van der Waals surface area (Å²) in [6.07, 6.45) is 5.70. The van der Waals surface area contributed by atoms with Crippen LogP contribution in [0.3, 0.4) is 0 Å². The van der Waals surface area contributed by atoms with Crippen molar-refractivity contribution in [3.05, 3.63) is 0 Å². The Morgan fingerprint density at radius 1 is 1.38 bits per heavy atom. The minimum absolute atomic E-state index is 0.107. The molecule has 16 heavy (non-hydrogen) atoms. The highest BCUT2D eigenvalue weighted by Gasteiger charge is 2.34. The first-order valence-electron chi connectivity index (χ1n) is 6.38. The van der Waals surface area contributed by atoms with Gasteiger partial charge >= 0.3 is 0 Å². The fourth-order valence-corrected chi connectivity index (χ4v) is 3.96. The first-order chi connectivity index (χ1) is 7.70. The number of nitrogens with two attached hydrogens (primary N) is 1. The van der Waals surface area contributed by atoms with E-state index < -0.39 is 0 Å². The number of carbonyl (C=O) groups excluding carboxylic acids is 1. The van der Waals surface area contributed by atoms with E-state index in [-0.39, 0.29) is 17.3 Å². The minimum atomic E-state index is 0.107. The van der Waals surface area contributed by atoms with E-state index in [9.17, 15) is 4.79 Å². The number of likely N-dealkylation sites (tertiary alicyclic amines) is 1. The molecule has 0 aliphatic carbocycles. The van der Waals surface area contributed by atoms with Gasteiger partial charge in [0.2, 0.25) is 5.91 Å². The van der Waals surface area contributed by atoms with Gasteiger partial charge in [0.25, 0.3) is 0 Å². The molecule has 3 nitrogen and oxygen atoms in total. The van der Waals surface area contributed by atoms with Gasteiger partial charge in [-0.25, -0.2) is 0 Å². The summed E-state index contributed by atoms with van der Waals surface area (Å²) in [6.45, 7) is 2.94. The molecule has 0 radical (unpaired) electrons. The monoisotopic (exact) mass is 242 g/mol. The SMILES string of the molecule is CC(N)C1CCCCN1C(=O)C1CCCS1. The van der Waals surface area contributed by atoms with Crippen LogP contribution in [0.25, 0.3) is 0 Å². The normalized spacial score (nSPS) is 32.8. The molecule has 2 N–H and O–H groups in total. The predicted octanol–water partition coefficient (Wildman–Crippen LogP) is 1.61. The summed E-state index contributed by atoms with van der Waals surface area (Å²) < 4.78 is 0. The zero-order chi connectivity index (χ0) is 11.5. The van der Waals surface area contributed by atoms with Crippen LogP contribution in [0.5, 0.6) is 0 Å². The topological polar surface area (TPSA) is 46.3 Å². The molecule has 2 saturated heterocycles. The smallest absolute Gasteiger partial charge is 0.235 e. The fourth-order valence-electron chi connectivity index (χ4n) is 2.74. The average molecular weight is 242 g/mol. The quantitative estimate of drug-likeness (QED) is 0.800. The maximum Gasteiger partial charge on any atom is 0.235 e. The summed E-state index contributed by atoms with van der Waals surface area (Å²) in [5, 5.41) is 0.222. The van der Waals surface area contributed by atoms with Gasteiger partial charge in [-0.3, -0.25) is 4.79 Å². The third kappa shape index (κ3) is 2.54. The van der Waals surface area contributed by atoms with E-state index in [0.717, 1.165) is 31.6 Å². The molecule has 2 fully saturated rings. The number of rotatable bonds is 2. The van der Waals surface area contributed by atoms with E-state index >= 15 is 0 Å². The lowest BCUT2D eigenvalue weighted by molar-refractivity contribution is -0.134. The molecule has 0 aromatic rings. The standard InChI is InChI=1S/C12H22N2OS/c1-9(13)10-5-2-3-7-14(10)12(15)11-6-4-8-16-11/h9-11H,2-8,13H2,1H3. The van der Waals surface area contributed by atoms with Crippen molar-refractivity contribution in [1.82, 2.24) is 4.90 Å². The molecule has 2 aliphatic heterocycles. The van der Waals surface area contributed by atoms with Crippen LogP contribution in [-0.4, -0.2) is 40.4 Å². The van der Waals surface area contributed by atoms with Crippen molar-refractivity contribution in [3.8, 4) is 0 Å². The van der Waals surface area contributed by atoms with E-state index in [1.54, 1.807) is 0 Å². The highest BCUT2D eigenvalue weighted by Crippen LogP contribution is 2.30. The van der Waals surface area contributed by atoms with Gasteiger partial charge in [-0.1, -0.05) is 0 Å². The van der Waals surface area contributed by atoms with Gasteiger partial charge in [-0.15, -0.1) is 11.8 Å². The van der Waals surface area contributed by atoms with Crippen molar-refractivity contribution < 1.29 is 4.79 Å². The molecular formula is C12H22N2OS. The summed E-state index contributed by atoms with van der Waals surface area (Å²) in [4.78, 5) is 14.4. The molecule has 0 spiro atoms. The van der Waals surface area contributed by atoms with Gasteiger partial charge < -0.3 is 10.6 Å². The summed E-state index contributed by atoms with van der Waals surface area (Å²) in [6, 6.07) is 0.387. The lowest BCUT2D eigenvalue weighted by atomic mass is 9.96. The molecule has 2 aliphatic rings. The van der Waals surface area contributed by atoms with E-state index in [1.807, 2.05) is 18.7 Å². The van der Waals surface area contributed by atoms with Gasteiger partial charge in [0.1, 0.15) is 0 Å². The van der Waals surface area contributed by atoms with Crippen LogP contribution < -0.4 is 5.73 Å². The van der Waals surface area contributed by atoms with Crippen molar-refractivity contribution in [2.75, 3.05) is 12.3 Å². The molecule has 3 atom stereocenters. The van der Waals surface area contributed by atoms with Crippen molar-refractivity contribution in [3.63, 3.8) is 0 Å². The number of carbonyl (C=O) groups is 1. The number of nitrogens with zero attached hydrogens (tertiary/aromatic N) is 1. The van der Waals surface area contributed by atoms with Crippen molar-refractivity contribution in [2.24, 2.45) is 5.73 Å². The Morgan fingerprint density at radius 3 is 2.81 bits per heavy atom. The molecule has 0 aromatic carbocycles. The summed E-state index contributed by atoms with van der Waals surface area (Å²) >= 11 is 1.83. The van der Waals surface area contributed by atoms with Crippen LogP contribution in [0.2, 0.25) is 0 Å². The Kier molecular flexibility index (Phi) is 4.14. The van der Waals surface area contributed by atoms with Crippen molar-refractivity contribution in [2.45, 2.75) is 56.4 Å². The molecular weight excluding hydrogens is 220 g/mol. The van der Waals surface area contributed by atoms with Gasteiger partial charge in [0, 0.05) is 18.6 Å². The number of hydrogen-bond donors (Lipinski definition) is 1. The number of amides is 1. The molecule has 4 heteroatoms. The highest BCUT2D eigenvalue weighted by atomic mass is 32.2. The summed E-state index contributed by atoms with van der Waals surface area (Å²) in [7, 11) is 0. The lowest BCUT2D eigenvalue weighted by Gasteiger charge is -2.39. The van der Waals surface area contributed by atoms with Crippen LogP contribution in [0.15, 0.2) is 0 Å². The van der Waals surface area contributed by atoms with Gasteiger partial charge in [0.05, 0.1) is 5.25 Å². The zero-order valence-corrected chi connectivity index (χ0v) is 10.8. The molecule has 92 valence electrons. The molecule has 0 saturated carbocycles.